The molecular formula is C60H70O2Si2. The average Bonchev–Trinajstić information content (AvgIpc) is 4.18. The molecule has 7 aliphatic carbocycles. The molecular weight excluding hydrogens is 809 g/mol. The largest absolute Gasteiger partial charge is 0.369 e. The van der Waals surface area contributed by atoms with Crippen molar-refractivity contribution in [3.05, 3.63) is 107 Å². The Morgan fingerprint density at radius 2 is 0.547 bits per heavy atom. The van der Waals surface area contributed by atoms with Crippen molar-refractivity contribution in [3.63, 3.8) is 0 Å². The summed E-state index contributed by atoms with van der Waals surface area (Å²) in [6.45, 7) is 0. The molecule has 0 aromatic heterocycles. The van der Waals surface area contributed by atoms with Crippen LogP contribution in [0.2, 0.25) is 33.2 Å². The van der Waals surface area contributed by atoms with Crippen LogP contribution in [0.15, 0.2) is 84.9 Å². The topological polar surface area (TPSA) is 40.5 Å². The molecule has 6 saturated carbocycles. The minimum Gasteiger partial charge on any atom is -0.369 e. The Bertz CT molecular complexity index is 2430. The van der Waals surface area contributed by atoms with Gasteiger partial charge in [-0.1, -0.05) is 214 Å². The Hall–Kier alpha value is -3.65. The fourth-order valence-electron chi connectivity index (χ4n) is 16.4. The second kappa shape index (κ2) is 16.6. The van der Waals surface area contributed by atoms with E-state index in [1.165, 1.54) is 165 Å². The monoisotopic (exact) mass is 878 g/mol. The highest BCUT2D eigenvalue weighted by Crippen LogP contribution is 2.61. The van der Waals surface area contributed by atoms with Crippen LogP contribution in [0.1, 0.15) is 176 Å². The van der Waals surface area contributed by atoms with Crippen molar-refractivity contribution in [2.75, 3.05) is 0 Å². The van der Waals surface area contributed by atoms with Gasteiger partial charge in [0.2, 0.25) is 0 Å². The van der Waals surface area contributed by atoms with Gasteiger partial charge in [-0.25, -0.2) is 0 Å². The van der Waals surface area contributed by atoms with Gasteiger partial charge in [0.25, 0.3) is 0 Å². The van der Waals surface area contributed by atoms with Crippen LogP contribution < -0.4 is 0 Å². The maximum atomic E-state index is 14.3. The average molecular weight is 879 g/mol. The van der Waals surface area contributed by atoms with Crippen molar-refractivity contribution in [2.24, 2.45) is 0 Å². The van der Waals surface area contributed by atoms with Gasteiger partial charge < -0.3 is 10.2 Å². The lowest BCUT2D eigenvalue weighted by atomic mass is 9.67. The van der Waals surface area contributed by atoms with E-state index in [4.69, 9.17) is 0 Å². The Balaban J connectivity index is 1.15. The van der Waals surface area contributed by atoms with Gasteiger partial charge in [0.1, 0.15) is 16.1 Å². The third-order valence-electron chi connectivity index (χ3n) is 19.4. The third-order valence-corrected chi connectivity index (χ3v) is 32.1. The van der Waals surface area contributed by atoms with Crippen LogP contribution in [0.5, 0.6) is 0 Å². The Morgan fingerprint density at radius 3 is 0.797 bits per heavy atom. The van der Waals surface area contributed by atoms with E-state index in [1.54, 1.807) is 0 Å². The first-order chi connectivity index (χ1) is 31.4. The smallest absolute Gasteiger partial charge is 0.177 e. The van der Waals surface area contributed by atoms with Crippen LogP contribution in [0.3, 0.4) is 0 Å². The highest BCUT2D eigenvalue weighted by atomic mass is 28.3. The zero-order chi connectivity index (χ0) is 42.9. The SMILES string of the molecule is OC1(C#C[Si](C2CCCC2)(C2CCCC2)C2CCCC2)c2cc3ccccc3cc2C(O)(C#C[Si](C2CCCC2)(C2CCCC2)C2CCCC2)c2cc3cc4ccccc4cc3cc21. The maximum absolute atomic E-state index is 14.3. The normalized spacial score (nSPS) is 26.5. The van der Waals surface area contributed by atoms with Crippen LogP contribution in [0.4, 0.5) is 0 Å². The number of aliphatic hydroxyl groups is 2. The molecule has 2 unspecified atom stereocenters. The minimum atomic E-state index is -2.24. The molecule has 2 nitrogen and oxygen atoms in total. The van der Waals surface area contributed by atoms with Crippen molar-refractivity contribution < 1.29 is 10.2 Å². The summed E-state index contributed by atoms with van der Waals surface area (Å²) in [7, 11) is -4.48. The lowest BCUT2D eigenvalue weighted by Crippen LogP contribution is -2.48. The molecule has 64 heavy (non-hydrogen) atoms. The molecule has 4 heteroatoms. The quantitative estimate of drug-likeness (QED) is 0.101. The number of benzene rings is 5. The summed E-state index contributed by atoms with van der Waals surface area (Å²) >= 11 is 0. The molecule has 5 aromatic rings. The first-order valence-corrected chi connectivity index (χ1v) is 30.9. The first-order valence-electron chi connectivity index (χ1n) is 26.4. The van der Waals surface area contributed by atoms with Gasteiger partial charge in [-0.05, 0) is 102 Å². The predicted octanol–water partition coefficient (Wildman–Crippen LogP) is 15.6. The van der Waals surface area contributed by atoms with Crippen LogP contribution in [0, 0.1) is 22.9 Å². The lowest BCUT2D eigenvalue weighted by Gasteiger charge is -2.45. The van der Waals surface area contributed by atoms with Gasteiger partial charge in [0.15, 0.2) is 11.2 Å². The van der Waals surface area contributed by atoms with Gasteiger partial charge in [0, 0.05) is 22.3 Å². The Morgan fingerprint density at radius 1 is 0.328 bits per heavy atom. The molecule has 0 saturated heterocycles. The summed E-state index contributed by atoms with van der Waals surface area (Å²) in [5, 5.41) is 35.3. The molecule has 6 fully saturated rings. The fourth-order valence-corrected chi connectivity index (χ4v) is 30.6. The molecule has 0 heterocycles. The summed E-state index contributed by atoms with van der Waals surface area (Å²) in [6, 6.07) is 30.8. The molecule has 5 aromatic carbocycles. The van der Waals surface area contributed by atoms with Gasteiger partial charge in [-0.3, -0.25) is 0 Å². The van der Waals surface area contributed by atoms with Crippen molar-refractivity contribution in [1.29, 1.82) is 0 Å². The standard InChI is InChI=1S/C60H70O2Si2/c61-59(33-35-63(49-21-5-6-22-49,50-23-7-8-24-50)51-25-9-10-26-51)55-39-45-19-3-4-20-46(45)40-56(55)60(62,58-42-48-38-44-18-2-1-17-43(44)37-47(48)41-57(58)59)34-36-64(52-27-11-12-28-52,53-29-13-14-30-53)54-31-15-16-32-54/h1-4,17-20,37-42,49-54,61-62H,5-16,21-32H2. The number of hydrogen-bond acceptors (Lipinski definition) is 2. The first kappa shape index (κ1) is 41.8. The Kier molecular flexibility index (Phi) is 10.8. The number of fused-ring (bicyclic) bond motifs is 5. The van der Waals surface area contributed by atoms with Crippen LogP contribution in [0.25, 0.3) is 32.3 Å². The zero-order valence-corrected chi connectivity index (χ0v) is 40.4. The molecule has 0 radical (unpaired) electrons. The third kappa shape index (κ3) is 6.61. The molecule has 0 aliphatic heterocycles. The van der Waals surface area contributed by atoms with E-state index in [2.05, 4.69) is 108 Å². The number of rotatable bonds is 6. The van der Waals surface area contributed by atoms with E-state index in [1.807, 2.05) is 0 Å². The lowest BCUT2D eigenvalue weighted by molar-refractivity contribution is 0.0950. The van der Waals surface area contributed by atoms with E-state index >= 15 is 0 Å². The summed E-state index contributed by atoms with van der Waals surface area (Å²) in [6.07, 6.45) is 31.9. The molecule has 0 amide bonds. The van der Waals surface area contributed by atoms with Crippen molar-refractivity contribution >= 4 is 48.5 Å². The highest BCUT2D eigenvalue weighted by molar-refractivity contribution is 6.91. The van der Waals surface area contributed by atoms with Crippen LogP contribution >= 0.6 is 0 Å². The summed E-state index contributed by atoms with van der Waals surface area (Å²) in [5.41, 5.74) is 13.0. The molecule has 2 N–H and O–H groups in total. The Labute approximate surface area is 385 Å². The predicted molar refractivity (Wildman–Crippen MR) is 272 cm³/mol. The molecule has 0 spiro atoms. The van der Waals surface area contributed by atoms with Crippen LogP contribution in [-0.2, 0) is 11.2 Å². The zero-order valence-electron chi connectivity index (χ0n) is 38.4. The maximum Gasteiger partial charge on any atom is 0.177 e. The van der Waals surface area contributed by atoms with Crippen LogP contribution in [-0.4, -0.2) is 26.4 Å². The summed E-state index contributed by atoms with van der Waals surface area (Å²) in [4.78, 5) is 0. The van der Waals surface area contributed by atoms with Crippen molar-refractivity contribution in [1.82, 2.24) is 0 Å². The van der Waals surface area contributed by atoms with E-state index in [-0.39, 0.29) is 0 Å². The summed E-state index contributed by atoms with van der Waals surface area (Å²) < 4.78 is 0. The van der Waals surface area contributed by atoms with E-state index in [0.717, 1.165) is 77.0 Å². The fraction of sp³-hybridized carbons (Fsp3) is 0.533. The van der Waals surface area contributed by atoms with Gasteiger partial charge in [-0.15, -0.1) is 11.1 Å². The minimum absolute atomic E-state index is 0.722. The second-order valence-corrected chi connectivity index (χ2v) is 31.5. The van der Waals surface area contributed by atoms with Gasteiger partial charge in [0.05, 0.1) is 0 Å². The molecule has 330 valence electrons. The molecule has 7 aliphatic rings. The van der Waals surface area contributed by atoms with Crippen molar-refractivity contribution in [2.45, 2.75) is 199 Å². The van der Waals surface area contributed by atoms with E-state index in [0.29, 0.717) is 0 Å². The second-order valence-electron chi connectivity index (χ2n) is 22.4. The van der Waals surface area contributed by atoms with Gasteiger partial charge in [-0.2, -0.15) is 0 Å². The van der Waals surface area contributed by atoms with Gasteiger partial charge >= 0.3 is 0 Å². The van der Waals surface area contributed by atoms with E-state index < -0.39 is 27.3 Å². The number of hydrogen-bond donors (Lipinski definition) is 2. The summed E-state index contributed by atoms with van der Waals surface area (Å²) in [5.74, 6) is 8.02. The molecule has 12 rings (SSSR count). The van der Waals surface area contributed by atoms with Crippen molar-refractivity contribution in [3.8, 4) is 22.9 Å². The molecule has 2 atom stereocenters. The molecule has 0 bridgehead atoms. The highest BCUT2D eigenvalue weighted by Gasteiger charge is 2.57. The van der Waals surface area contributed by atoms with E-state index in [9.17, 15) is 10.2 Å².